The number of benzene rings is 1. The summed E-state index contributed by atoms with van der Waals surface area (Å²) in [4.78, 5) is 13.8. The molecule has 0 fully saturated rings. The SMILES string of the molecule is CCCNc1nnc(C(=O)N(CC)c2ccccc2F)s1. The van der Waals surface area contributed by atoms with Crippen LogP contribution in [0.15, 0.2) is 24.3 Å². The van der Waals surface area contributed by atoms with Crippen LogP contribution in [0.4, 0.5) is 15.2 Å². The van der Waals surface area contributed by atoms with Crippen molar-refractivity contribution in [3.63, 3.8) is 0 Å². The van der Waals surface area contributed by atoms with Gasteiger partial charge in [0, 0.05) is 13.1 Å². The predicted octanol–water partition coefficient (Wildman–Crippen LogP) is 3.17. The molecule has 5 nitrogen and oxygen atoms in total. The number of para-hydroxylation sites is 1. The molecule has 0 saturated heterocycles. The highest BCUT2D eigenvalue weighted by atomic mass is 32.1. The minimum absolute atomic E-state index is 0.249. The minimum Gasteiger partial charge on any atom is -0.360 e. The fourth-order valence-corrected chi connectivity index (χ4v) is 2.54. The molecule has 1 aromatic carbocycles. The first-order valence-corrected chi connectivity index (χ1v) is 7.62. The second-order valence-electron chi connectivity index (χ2n) is 4.34. The van der Waals surface area contributed by atoms with Crippen LogP contribution >= 0.6 is 11.3 Å². The Morgan fingerprint density at radius 3 is 2.76 bits per heavy atom. The summed E-state index contributed by atoms with van der Waals surface area (Å²) in [7, 11) is 0. The summed E-state index contributed by atoms with van der Waals surface area (Å²) in [6.07, 6.45) is 0.958. The van der Waals surface area contributed by atoms with E-state index < -0.39 is 5.82 Å². The van der Waals surface area contributed by atoms with Crippen molar-refractivity contribution in [3.05, 3.63) is 35.1 Å². The molecule has 112 valence electrons. The van der Waals surface area contributed by atoms with Gasteiger partial charge in [-0.25, -0.2) is 4.39 Å². The molecule has 7 heteroatoms. The molecule has 0 aliphatic heterocycles. The number of hydrogen-bond acceptors (Lipinski definition) is 5. The van der Waals surface area contributed by atoms with Gasteiger partial charge in [0.25, 0.3) is 5.91 Å². The number of halogens is 1. The Hall–Kier alpha value is -2.02. The average Bonchev–Trinajstić information content (AvgIpc) is 2.96. The van der Waals surface area contributed by atoms with E-state index in [4.69, 9.17) is 0 Å². The highest BCUT2D eigenvalue weighted by molar-refractivity contribution is 7.17. The second kappa shape index (κ2) is 7.12. The summed E-state index contributed by atoms with van der Waals surface area (Å²) in [6, 6.07) is 6.20. The van der Waals surface area contributed by atoms with Crippen LogP contribution in [-0.2, 0) is 0 Å². The Morgan fingerprint density at radius 2 is 2.10 bits per heavy atom. The predicted molar refractivity (Wildman–Crippen MR) is 82.4 cm³/mol. The van der Waals surface area contributed by atoms with Gasteiger partial charge in [0.15, 0.2) is 0 Å². The molecule has 21 heavy (non-hydrogen) atoms. The molecule has 2 aromatic rings. The van der Waals surface area contributed by atoms with Gasteiger partial charge in [0.2, 0.25) is 10.1 Å². The lowest BCUT2D eigenvalue weighted by molar-refractivity contribution is 0.0986. The molecule has 0 unspecified atom stereocenters. The lowest BCUT2D eigenvalue weighted by atomic mass is 10.2. The fourth-order valence-electron chi connectivity index (χ4n) is 1.82. The Balaban J connectivity index is 2.20. The Bertz CT molecular complexity index is 617. The zero-order valence-corrected chi connectivity index (χ0v) is 12.8. The molecule has 0 atom stereocenters. The molecule has 0 bridgehead atoms. The first-order valence-electron chi connectivity index (χ1n) is 6.81. The van der Waals surface area contributed by atoms with Crippen LogP contribution in [0, 0.1) is 5.82 Å². The zero-order valence-electron chi connectivity index (χ0n) is 12.0. The van der Waals surface area contributed by atoms with E-state index in [1.165, 1.54) is 22.3 Å². The van der Waals surface area contributed by atoms with Crippen molar-refractivity contribution in [2.24, 2.45) is 0 Å². The van der Waals surface area contributed by atoms with Crippen molar-refractivity contribution in [2.45, 2.75) is 20.3 Å². The number of rotatable bonds is 6. The van der Waals surface area contributed by atoms with Gasteiger partial charge in [0.1, 0.15) is 5.82 Å². The van der Waals surface area contributed by atoms with Gasteiger partial charge in [-0.05, 0) is 25.5 Å². The number of anilines is 2. The zero-order chi connectivity index (χ0) is 15.2. The van der Waals surface area contributed by atoms with Crippen molar-refractivity contribution >= 4 is 28.1 Å². The first-order chi connectivity index (χ1) is 10.2. The van der Waals surface area contributed by atoms with Crippen molar-refractivity contribution in [2.75, 3.05) is 23.3 Å². The van der Waals surface area contributed by atoms with Crippen LogP contribution in [0.3, 0.4) is 0 Å². The molecule has 2 rings (SSSR count). The van der Waals surface area contributed by atoms with E-state index in [1.807, 2.05) is 6.92 Å². The number of carbonyl (C=O) groups is 1. The maximum atomic E-state index is 13.8. The van der Waals surface area contributed by atoms with Crippen LogP contribution < -0.4 is 10.2 Å². The average molecular weight is 308 g/mol. The number of amides is 1. The van der Waals surface area contributed by atoms with Gasteiger partial charge in [0.05, 0.1) is 5.69 Å². The Labute approximate surface area is 126 Å². The molecule has 1 aromatic heterocycles. The summed E-state index contributed by atoms with van der Waals surface area (Å²) in [6.45, 7) is 4.96. The quantitative estimate of drug-likeness (QED) is 0.890. The van der Waals surface area contributed by atoms with Crippen LogP contribution in [0.1, 0.15) is 30.1 Å². The first kappa shape index (κ1) is 15.4. The van der Waals surface area contributed by atoms with Crippen molar-refractivity contribution < 1.29 is 9.18 Å². The van der Waals surface area contributed by atoms with Crippen LogP contribution in [0.2, 0.25) is 0 Å². The second-order valence-corrected chi connectivity index (χ2v) is 5.32. The topological polar surface area (TPSA) is 58.1 Å². The molecule has 1 heterocycles. The van der Waals surface area contributed by atoms with Gasteiger partial charge < -0.3 is 10.2 Å². The Morgan fingerprint density at radius 1 is 1.33 bits per heavy atom. The van der Waals surface area contributed by atoms with Crippen molar-refractivity contribution in [1.29, 1.82) is 0 Å². The minimum atomic E-state index is -0.429. The maximum absolute atomic E-state index is 13.8. The van der Waals surface area contributed by atoms with Crippen LogP contribution in [0.5, 0.6) is 0 Å². The fraction of sp³-hybridized carbons (Fsp3) is 0.357. The molecule has 0 aliphatic rings. The van der Waals surface area contributed by atoms with Crippen molar-refractivity contribution in [1.82, 2.24) is 10.2 Å². The van der Waals surface area contributed by atoms with E-state index in [2.05, 4.69) is 15.5 Å². The number of carbonyl (C=O) groups excluding carboxylic acids is 1. The summed E-state index contributed by atoms with van der Waals surface area (Å²) in [5.41, 5.74) is 0.253. The van der Waals surface area contributed by atoms with Gasteiger partial charge in [-0.2, -0.15) is 0 Å². The standard InChI is InChI=1S/C14H17FN4OS/c1-3-9-16-14-18-17-12(21-14)13(20)19(4-2)11-8-6-5-7-10(11)15/h5-8H,3-4,9H2,1-2H3,(H,16,18). The Kier molecular flexibility index (Phi) is 5.21. The molecular weight excluding hydrogens is 291 g/mol. The molecule has 0 radical (unpaired) electrons. The van der Waals surface area contributed by atoms with E-state index in [-0.39, 0.29) is 16.6 Å². The third-order valence-corrected chi connectivity index (χ3v) is 3.71. The lowest BCUT2D eigenvalue weighted by Gasteiger charge is -2.19. The van der Waals surface area contributed by atoms with Gasteiger partial charge in [-0.15, -0.1) is 10.2 Å². The largest absolute Gasteiger partial charge is 0.360 e. The van der Waals surface area contributed by atoms with E-state index in [0.29, 0.717) is 11.7 Å². The van der Waals surface area contributed by atoms with Gasteiger partial charge in [-0.1, -0.05) is 30.4 Å². The van der Waals surface area contributed by atoms with Crippen LogP contribution in [0.25, 0.3) is 0 Å². The lowest BCUT2D eigenvalue weighted by Crippen LogP contribution is -2.31. The smallest absolute Gasteiger partial charge is 0.289 e. The van der Waals surface area contributed by atoms with Crippen molar-refractivity contribution in [3.8, 4) is 0 Å². The molecule has 0 spiro atoms. The highest BCUT2D eigenvalue weighted by Gasteiger charge is 2.22. The van der Waals surface area contributed by atoms with E-state index in [0.717, 1.165) is 13.0 Å². The molecule has 0 saturated carbocycles. The highest BCUT2D eigenvalue weighted by Crippen LogP contribution is 2.23. The van der Waals surface area contributed by atoms with Gasteiger partial charge >= 0.3 is 0 Å². The summed E-state index contributed by atoms with van der Waals surface area (Å²) >= 11 is 1.18. The monoisotopic (exact) mass is 308 g/mol. The normalized spacial score (nSPS) is 10.4. The van der Waals surface area contributed by atoms with E-state index in [9.17, 15) is 9.18 Å². The number of nitrogens with one attached hydrogen (secondary N) is 1. The molecular formula is C14H17FN4OS. The van der Waals surface area contributed by atoms with Crippen LogP contribution in [-0.4, -0.2) is 29.2 Å². The third-order valence-electron chi connectivity index (χ3n) is 2.84. The summed E-state index contributed by atoms with van der Waals surface area (Å²) in [5.74, 6) is -0.772. The number of aromatic nitrogens is 2. The third kappa shape index (κ3) is 3.55. The van der Waals surface area contributed by atoms with E-state index >= 15 is 0 Å². The molecule has 1 amide bonds. The molecule has 1 N–H and O–H groups in total. The number of nitrogens with zero attached hydrogens (tertiary/aromatic N) is 3. The van der Waals surface area contributed by atoms with Gasteiger partial charge in [-0.3, -0.25) is 4.79 Å². The maximum Gasteiger partial charge on any atom is 0.289 e. The number of hydrogen-bond donors (Lipinski definition) is 1. The molecule has 0 aliphatic carbocycles. The van der Waals surface area contributed by atoms with E-state index in [1.54, 1.807) is 25.1 Å². The summed E-state index contributed by atoms with van der Waals surface area (Å²) < 4.78 is 13.8. The summed E-state index contributed by atoms with van der Waals surface area (Å²) in [5, 5.41) is 11.7.